The number of hydrogen-bond acceptors (Lipinski definition) is 3. The molecule has 2 N–H and O–H groups in total. The fourth-order valence-corrected chi connectivity index (χ4v) is 2.66. The van der Waals surface area contributed by atoms with Crippen LogP contribution in [0.3, 0.4) is 0 Å². The first-order chi connectivity index (χ1) is 10.1. The summed E-state index contributed by atoms with van der Waals surface area (Å²) in [5.41, 5.74) is 0.736. The molecule has 116 valence electrons. The zero-order valence-corrected chi connectivity index (χ0v) is 13.2. The molecule has 1 aliphatic rings. The van der Waals surface area contributed by atoms with Crippen LogP contribution in [-0.4, -0.2) is 31.7 Å². The quantitative estimate of drug-likeness (QED) is 0.849. The van der Waals surface area contributed by atoms with Gasteiger partial charge in [-0.05, 0) is 43.9 Å². The number of anilines is 1. The second-order valence-corrected chi connectivity index (χ2v) is 6.09. The molecule has 1 fully saturated rings. The summed E-state index contributed by atoms with van der Waals surface area (Å²) in [6.07, 6.45) is 2.78. The van der Waals surface area contributed by atoms with Gasteiger partial charge in [0.05, 0.1) is 6.61 Å². The maximum Gasteiger partial charge on any atom is 0.225 e. The van der Waals surface area contributed by atoms with E-state index in [2.05, 4.69) is 10.6 Å². The van der Waals surface area contributed by atoms with Crippen LogP contribution in [0.2, 0.25) is 5.02 Å². The van der Waals surface area contributed by atoms with E-state index in [9.17, 15) is 4.79 Å². The molecule has 0 aliphatic carbocycles. The summed E-state index contributed by atoms with van der Waals surface area (Å²) in [5.74, 6) is 0.564. The Hall–Kier alpha value is -1.10. The molecule has 1 amide bonds. The maximum atomic E-state index is 12.0. The van der Waals surface area contributed by atoms with Crippen LogP contribution in [0.5, 0.6) is 0 Å². The highest BCUT2D eigenvalue weighted by molar-refractivity contribution is 6.30. The number of nitrogens with one attached hydrogen (secondary N) is 2. The molecule has 21 heavy (non-hydrogen) atoms. The van der Waals surface area contributed by atoms with Gasteiger partial charge in [-0.1, -0.05) is 17.7 Å². The van der Waals surface area contributed by atoms with Crippen LogP contribution in [0.4, 0.5) is 5.69 Å². The van der Waals surface area contributed by atoms with E-state index in [-0.39, 0.29) is 11.9 Å². The largest absolute Gasteiger partial charge is 0.381 e. The van der Waals surface area contributed by atoms with Crippen LogP contribution >= 0.6 is 11.6 Å². The molecule has 1 heterocycles. The van der Waals surface area contributed by atoms with Crippen molar-refractivity contribution >= 4 is 23.2 Å². The normalized spacial score (nSPS) is 20.0. The predicted molar refractivity (Wildman–Crippen MR) is 85.7 cm³/mol. The molecule has 5 heteroatoms. The minimum absolute atomic E-state index is 0.00263. The van der Waals surface area contributed by atoms with E-state index in [4.69, 9.17) is 16.3 Å². The maximum absolute atomic E-state index is 12.0. The second kappa shape index (κ2) is 8.37. The van der Waals surface area contributed by atoms with E-state index in [1.807, 2.05) is 19.1 Å². The van der Waals surface area contributed by atoms with E-state index >= 15 is 0 Å². The van der Waals surface area contributed by atoms with E-state index in [1.165, 1.54) is 6.42 Å². The van der Waals surface area contributed by atoms with Crippen molar-refractivity contribution in [3.63, 3.8) is 0 Å². The van der Waals surface area contributed by atoms with Gasteiger partial charge in [0.15, 0.2) is 0 Å². The average Bonchev–Trinajstić information content (AvgIpc) is 2.46. The van der Waals surface area contributed by atoms with E-state index < -0.39 is 0 Å². The number of amides is 1. The first-order valence-corrected chi connectivity index (χ1v) is 7.88. The first kappa shape index (κ1) is 16.3. The molecule has 2 rings (SSSR count). The van der Waals surface area contributed by atoms with Crippen molar-refractivity contribution in [1.82, 2.24) is 5.32 Å². The molecular formula is C16H23ClN2O2. The number of benzene rings is 1. The Morgan fingerprint density at radius 1 is 1.52 bits per heavy atom. The van der Waals surface area contributed by atoms with Gasteiger partial charge in [0.2, 0.25) is 5.91 Å². The highest BCUT2D eigenvalue weighted by Gasteiger charge is 2.15. The topological polar surface area (TPSA) is 50.4 Å². The Labute approximate surface area is 131 Å². The van der Waals surface area contributed by atoms with Gasteiger partial charge in [-0.3, -0.25) is 4.79 Å². The molecule has 1 aromatic carbocycles. The lowest BCUT2D eigenvalue weighted by molar-refractivity contribution is -0.116. The fourth-order valence-electron chi connectivity index (χ4n) is 2.46. The number of carbonyl (C=O) groups excluding carboxylic acids is 1. The van der Waals surface area contributed by atoms with Crippen LogP contribution in [0.15, 0.2) is 24.3 Å². The van der Waals surface area contributed by atoms with E-state index in [1.54, 1.807) is 12.1 Å². The number of halogens is 1. The monoisotopic (exact) mass is 310 g/mol. The molecule has 4 nitrogen and oxygen atoms in total. The Bertz CT molecular complexity index is 461. The summed E-state index contributed by atoms with van der Waals surface area (Å²) in [6, 6.07) is 7.33. The highest BCUT2D eigenvalue weighted by Crippen LogP contribution is 2.15. The third-order valence-corrected chi connectivity index (χ3v) is 3.84. The zero-order chi connectivity index (χ0) is 15.1. The summed E-state index contributed by atoms with van der Waals surface area (Å²) in [4.78, 5) is 12.0. The van der Waals surface area contributed by atoms with Gasteiger partial charge in [-0.15, -0.1) is 0 Å². The Morgan fingerprint density at radius 3 is 3.10 bits per heavy atom. The fraction of sp³-hybridized carbons (Fsp3) is 0.562. The van der Waals surface area contributed by atoms with Gasteiger partial charge < -0.3 is 15.4 Å². The highest BCUT2D eigenvalue weighted by atomic mass is 35.5. The van der Waals surface area contributed by atoms with E-state index in [0.29, 0.717) is 17.4 Å². The van der Waals surface area contributed by atoms with Crippen LogP contribution in [0.25, 0.3) is 0 Å². The molecular weight excluding hydrogens is 288 g/mol. The van der Waals surface area contributed by atoms with Gasteiger partial charge in [-0.25, -0.2) is 0 Å². The molecule has 0 aromatic heterocycles. The Balaban J connectivity index is 1.69. The molecule has 0 radical (unpaired) electrons. The minimum Gasteiger partial charge on any atom is -0.381 e. The third kappa shape index (κ3) is 6.04. The summed E-state index contributed by atoms with van der Waals surface area (Å²) >= 11 is 5.89. The van der Waals surface area contributed by atoms with Gasteiger partial charge in [-0.2, -0.15) is 0 Å². The smallest absolute Gasteiger partial charge is 0.225 e. The molecule has 2 unspecified atom stereocenters. The van der Waals surface area contributed by atoms with Crippen molar-refractivity contribution in [3.05, 3.63) is 29.3 Å². The van der Waals surface area contributed by atoms with Crippen molar-refractivity contribution in [2.75, 3.05) is 25.1 Å². The lowest BCUT2D eigenvalue weighted by Crippen LogP contribution is -2.36. The zero-order valence-electron chi connectivity index (χ0n) is 12.4. The van der Waals surface area contributed by atoms with Crippen LogP contribution in [0, 0.1) is 5.92 Å². The number of rotatable bonds is 6. The molecule has 1 saturated heterocycles. The third-order valence-electron chi connectivity index (χ3n) is 3.61. The van der Waals surface area contributed by atoms with Crippen LogP contribution in [-0.2, 0) is 9.53 Å². The number of hydrogen-bond donors (Lipinski definition) is 2. The van der Waals surface area contributed by atoms with Crippen molar-refractivity contribution < 1.29 is 9.53 Å². The van der Waals surface area contributed by atoms with Crippen LogP contribution < -0.4 is 10.6 Å². The second-order valence-electron chi connectivity index (χ2n) is 5.66. The van der Waals surface area contributed by atoms with Crippen molar-refractivity contribution in [2.24, 2.45) is 5.92 Å². The summed E-state index contributed by atoms with van der Waals surface area (Å²) in [5, 5.41) is 6.90. The summed E-state index contributed by atoms with van der Waals surface area (Å²) in [7, 11) is 0. The van der Waals surface area contributed by atoms with Gasteiger partial charge in [0, 0.05) is 36.3 Å². The minimum atomic E-state index is -0.00263. The summed E-state index contributed by atoms with van der Waals surface area (Å²) < 4.78 is 5.45. The lowest BCUT2D eigenvalue weighted by Gasteiger charge is -2.24. The standard InChI is InChI=1S/C16H23ClN2O2/c1-12(18-10-13-4-3-7-21-11-13)8-16(20)19-15-6-2-5-14(17)9-15/h2,5-6,9,12-13,18H,3-4,7-8,10-11H2,1H3,(H,19,20). The molecule has 0 spiro atoms. The predicted octanol–water partition coefficient (Wildman–Crippen LogP) is 3.07. The van der Waals surface area contributed by atoms with Crippen LogP contribution in [0.1, 0.15) is 26.2 Å². The SMILES string of the molecule is CC(CC(=O)Nc1cccc(Cl)c1)NCC1CCCOC1. The Kier molecular flexibility index (Phi) is 6.49. The van der Waals surface area contributed by atoms with Crippen molar-refractivity contribution in [3.8, 4) is 0 Å². The number of ether oxygens (including phenoxy) is 1. The van der Waals surface area contributed by atoms with Gasteiger partial charge in [0.1, 0.15) is 0 Å². The lowest BCUT2D eigenvalue weighted by atomic mass is 10.0. The van der Waals surface area contributed by atoms with Gasteiger partial charge >= 0.3 is 0 Å². The van der Waals surface area contributed by atoms with E-state index in [0.717, 1.165) is 31.9 Å². The summed E-state index contributed by atoms with van der Waals surface area (Å²) in [6.45, 7) is 4.65. The molecule has 1 aromatic rings. The molecule has 1 aliphatic heterocycles. The first-order valence-electron chi connectivity index (χ1n) is 7.50. The van der Waals surface area contributed by atoms with Crippen molar-refractivity contribution in [2.45, 2.75) is 32.2 Å². The molecule has 0 saturated carbocycles. The molecule has 2 atom stereocenters. The number of carbonyl (C=O) groups is 1. The van der Waals surface area contributed by atoms with Crippen molar-refractivity contribution in [1.29, 1.82) is 0 Å². The van der Waals surface area contributed by atoms with Gasteiger partial charge in [0.25, 0.3) is 0 Å². The molecule has 0 bridgehead atoms. The Morgan fingerprint density at radius 2 is 2.38 bits per heavy atom. The average molecular weight is 311 g/mol.